The lowest BCUT2D eigenvalue weighted by Gasteiger charge is -2.36. The highest BCUT2D eigenvalue weighted by atomic mass is 19.1. The number of carbonyl (C=O) groups is 1. The molecule has 1 aromatic heterocycles. The van der Waals surface area contributed by atoms with Crippen LogP contribution in [0.15, 0.2) is 65.5 Å². The topological polar surface area (TPSA) is 58.4 Å². The Hall–Kier alpha value is -3.48. The van der Waals surface area contributed by atoms with Gasteiger partial charge in [0.05, 0.1) is 12.2 Å². The van der Waals surface area contributed by atoms with E-state index in [1.807, 2.05) is 36.1 Å². The first-order valence-electron chi connectivity index (χ1n) is 9.94. The molecule has 1 aliphatic heterocycles. The highest BCUT2D eigenvalue weighted by Gasteiger charge is 2.24. The van der Waals surface area contributed by atoms with Crippen molar-refractivity contribution in [3.8, 4) is 0 Å². The molecule has 1 saturated heterocycles. The van der Waals surface area contributed by atoms with E-state index in [-0.39, 0.29) is 23.0 Å². The minimum Gasteiger partial charge on any atom is -0.366 e. The lowest BCUT2D eigenvalue weighted by Crippen LogP contribution is -2.49. The number of carbonyl (C=O) groups excluding carboxylic acids is 1. The first-order valence-corrected chi connectivity index (χ1v) is 9.94. The maximum absolute atomic E-state index is 14.0. The van der Waals surface area contributed by atoms with Crippen LogP contribution in [0, 0.1) is 12.7 Å². The summed E-state index contributed by atoms with van der Waals surface area (Å²) in [4.78, 5) is 28.8. The molecular formula is C23H23FN4O2. The summed E-state index contributed by atoms with van der Waals surface area (Å²) in [6.07, 6.45) is 0. The summed E-state index contributed by atoms with van der Waals surface area (Å²) in [5.41, 5.74) is 2.61. The van der Waals surface area contributed by atoms with Gasteiger partial charge in [0.25, 0.3) is 11.5 Å². The minimum atomic E-state index is -0.262. The molecule has 0 saturated carbocycles. The molecule has 0 radical (unpaired) electrons. The van der Waals surface area contributed by atoms with Gasteiger partial charge in [0.15, 0.2) is 0 Å². The van der Waals surface area contributed by atoms with Crippen molar-refractivity contribution in [2.45, 2.75) is 13.5 Å². The van der Waals surface area contributed by atoms with Crippen LogP contribution in [-0.4, -0.2) is 46.8 Å². The molecule has 2 aromatic carbocycles. The molecule has 0 bridgehead atoms. The molecule has 1 fully saturated rings. The van der Waals surface area contributed by atoms with Crippen LogP contribution >= 0.6 is 0 Å². The number of piperazine rings is 1. The number of hydrogen-bond acceptors (Lipinski definition) is 4. The Bertz CT molecular complexity index is 1100. The van der Waals surface area contributed by atoms with Crippen LogP contribution in [0.3, 0.4) is 0 Å². The maximum atomic E-state index is 14.0. The second-order valence-electron chi connectivity index (χ2n) is 7.43. The fourth-order valence-electron chi connectivity index (χ4n) is 3.56. The minimum absolute atomic E-state index is 0.221. The molecular weight excluding hydrogens is 383 g/mol. The van der Waals surface area contributed by atoms with Gasteiger partial charge >= 0.3 is 0 Å². The molecule has 3 aromatic rings. The van der Waals surface area contributed by atoms with Crippen LogP contribution in [0.4, 0.5) is 10.1 Å². The van der Waals surface area contributed by atoms with Crippen molar-refractivity contribution in [3.63, 3.8) is 0 Å². The zero-order valence-electron chi connectivity index (χ0n) is 16.8. The molecule has 7 heteroatoms. The molecule has 0 atom stereocenters. The summed E-state index contributed by atoms with van der Waals surface area (Å²) in [6, 6.07) is 17.3. The van der Waals surface area contributed by atoms with Crippen molar-refractivity contribution in [2.75, 3.05) is 31.1 Å². The Morgan fingerprint density at radius 2 is 1.67 bits per heavy atom. The standard InChI is InChI=1S/C23H23FN4O2/c1-17-6-8-18(9-7-17)16-28-22(29)11-10-20(25-28)23(30)27-14-12-26(13-15-27)21-5-3-2-4-19(21)24/h2-11H,12-16H2,1H3. The second-order valence-corrected chi connectivity index (χ2v) is 7.43. The van der Waals surface area contributed by atoms with Crippen LogP contribution in [0.5, 0.6) is 0 Å². The average molecular weight is 406 g/mol. The molecule has 30 heavy (non-hydrogen) atoms. The Morgan fingerprint density at radius 1 is 0.967 bits per heavy atom. The Kier molecular flexibility index (Phi) is 5.61. The quantitative estimate of drug-likeness (QED) is 0.669. The van der Waals surface area contributed by atoms with Crippen LogP contribution in [-0.2, 0) is 6.54 Å². The first-order chi connectivity index (χ1) is 14.5. The predicted molar refractivity (Wildman–Crippen MR) is 113 cm³/mol. The van der Waals surface area contributed by atoms with Gasteiger partial charge in [0.1, 0.15) is 11.5 Å². The smallest absolute Gasteiger partial charge is 0.274 e. The second kappa shape index (κ2) is 8.49. The highest BCUT2D eigenvalue weighted by Crippen LogP contribution is 2.20. The van der Waals surface area contributed by atoms with E-state index in [0.29, 0.717) is 38.4 Å². The number of amides is 1. The summed E-state index contributed by atoms with van der Waals surface area (Å²) < 4.78 is 15.3. The number of benzene rings is 2. The number of nitrogens with zero attached hydrogens (tertiary/aromatic N) is 4. The summed E-state index contributed by atoms with van der Waals surface area (Å²) >= 11 is 0. The van der Waals surface area contributed by atoms with Crippen molar-refractivity contribution < 1.29 is 9.18 Å². The van der Waals surface area contributed by atoms with E-state index in [9.17, 15) is 14.0 Å². The van der Waals surface area contributed by atoms with Crippen molar-refractivity contribution in [2.24, 2.45) is 0 Å². The van der Waals surface area contributed by atoms with Gasteiger partial charge in [0, 0.05) is 32.2 Å². The molecule has 154 valence electrons. The normalized spacial score (nSPS) is 14.1. The zero-order chi connectivity index (χ0) is 21.1. The molecule has 0 N–H and O–H groups in total. The van der Waals surface area contributed by atoms with Gasteiger partial charge in [-0.25, -0.2) is 9.07 Å². The van der Waals surface area contributed by atoms with Gasteiger partial charge in [-0.05, 0) is 30.7 Å². The van der Waals surface area contributed by atoms with Gasteiger partial charge in [0.2, 0.25) is 0 Å². The molecule has 4 rings (SSSR count). The van der Waals surface area contributed by atoms with Gasteiger partial charge in [-0.2, -0.15) is 5.10 Å². The van der Waals surface area contributed by atoms with Gasteiger partial charge < -0.3 is 9.80 Å². The van der Waals surface area contributed by atoms with E-state index in [2.05, 4.69) is 5.10 Å². The van der Waals surface area contributed by atoms with Crippen molar-refractivity contribution >= 4 is 11.6 Å². The Labute approximate surface area is 174 Å². The maximum Gasteiger partial charge on any atom is 0.274 e. The zero-order valence-corrected chi connectivity index (χ0v) is 16.8. The fraction of sp³-hybridized carbons (Fsp3) is 0.261. The molecule has 0 spiro atoms. The highest BCUT2D eigenvalue weighted by molar-refractivity contribution is 5.92. The molecule has 1 aliphatic rings. The van der Waals surface area contributed by atoms with E-state index < -0.39 is 0 Å². The molecule has 1 amide bonds. The molecule has 0 aliphatic carbocycles. The predicted octanol–water partition coefficient (Wildman–Crippen LogP) is 2.70. The molecule has 0 unspecified atom stereocenters. The van der Waals surface area contributed by atoms with E-state index in [0.717, 1.165) is 11.1 Å². The number of aromatic nitrogens is 2. The SMILES string of the molecule is Cc1ccc(Cn2nc(C(=O)N3CCN(c4ccccc4F)CC3)ccc2=O)cc1. The van der Waals surface area contributed by atoms with Crippen LogP contribution < -0.4 is 10.5 Å². The lowest BCUT2D eigenvalue weighted by atomic mass is 10.1. The van der Waals surface area contributed by atoms with Crippen LogP contribution in [0.1, 0.15) is 21.6 Å². The average Bonchev–Trinajstić information content (AvgIpc) is 2.77. The molecule has 6 nitrogen and oxygen atoms in total. The van der Waals surface area contributed by atoms with E-state index >= 15 is 0 Å². The monoisotopic (exact) mass is 406 g/mol. The summed E-state index contributed by atoms with van der Waals surface area (Å²) in [7, 11) is 0. The number of rotatable bonds is 4. The first kappa shape index (κ1) is 19.8. The lowest BCUT2D eigenvalue weighted by molar-refractivity contribution is 0.0738. The number of aryl methyl sites for hydroxylation is 1. The van der Waals surface area contributed by atoms with E-state index in [1.165, 1.54) is 22.9 Å². The Morgan fingerprint density at radius 3 is 2.37 bits per heavy atom. The van der Waals surface area contributed by atoms with Crippen molar-refractivity contribution in [1.82, 2.24) is 14.7 Å². The number of halogens is 1. The van der Waals surface area contributed by atoms with Gasteiger partial charge in [-0.15, -0.1) is 0 Å². The van der Waals surface area contributed by atoms with E-state index in [1.54, 1.807) is 23.1 Å². The fourth-order valence-corrected chi connectivity index (χ4v) is 3.56. The third-order valence-electron chi connectivity index (χ3n) is 5.30. The van der Waals surface area contributed by atoms with Crippen LogP contribution in [0.2, 0.25) is 0 Å². The van der Waals surface area contributed by atoms with Crippen LogP contribution in [0.25, 0.3) is 0 Å². The third-order valence-corrected chi connectivity index (χ3v) is 5.30. The van der Waals surface area contributed by atoms with E-state index in [4.69, 9.17) is 0 Å². The third kappa shape index (κ3) is 4.25. The molecule has 2 heterocycles. The summed E-state index contributed by atoms with van der Waals surface area (Å²) in [5, 5.41) is 4.30. The van der Waals surface area contributed by atoms with Gasteiger partial charge in [-0.1, -0.05) is 42.0 Å². The van der Waals surface area contributed by atoms with Gasteiger partial charge in [-0.3, -0.25) is 9.59 Å². The van der Waals surface area contributed by atoms with Crippen molar-refractivity contribution in [1.29, 1.82) is 0 Å². The number of hydrogen-bond donors (Lipinski definition) is 0. The summed E-state index contributed by atoms with van der Waals surface area (Å²) in [6.45, 7) is 4.31. The van der Waals surface area contributed by atoms with Crippen molar-refractivity contribution in [3.05, 3.63) is 93.7 Å². The number of anilines is 1. The largest absolute Gasteiger partial charge is 0.366 e. The Balaban J connectivity index is 1.45. The summed E-state index contributed by atoms with van der Waals surface area (Å²) in [5.74, 6) is -0.483. The number of para-hydroxylation sites is 1.